The number of benzene rings is 2. The summed E-state index contributed by atoms with van der Waals surface area (Å²) in [5.41, 5.74) is 6.64. The molecule has 3 atom stereocenters. The number of halogens is 3. The van der Waals surface area contributed by atoms with Crippen LogP contribution in [-0.4, -0.2) is 55.9 Å². The van der Waals surface area contributed by atoms with Gasteiger partial charge in [-0.3, -0.25) is 4.98 Å². The van der Waals surface area contributed by atoms with Gasteiger partial charge in [0.25, 0.3) is 0 Å². The molecule has 2 aromatic carbocycles. The number of nitrogens with one attached hydrogen (secondary N) is 2. The summed E-state index contributed by atoms with van der Waals surface area (Å²) < 4.78 is 46.1. The highest BCUT2D eigenvalue weighted by molar-refractivity contribution is 5.78. The average molecular weight is 573 g/mol. The third-order valence-corrected chi connectivity index (χ3v) is 8.69. The number of allylic oxidation sites excluding steroid dienone is 1. The number of piperidine rings is 1. The van der Waals surface area contributed by atoms with Crippen LogP contribution in [0.3, 0.4) is 0 Å². The second-order valence-electron chi connectivity index (χ2n) is 11.5. The van der Waals surface area contributed by atoms with Crippen molar-refractivity contribution >= 4 is 17.5 Å². The maximum atomic E-state index is 13.5. The second kappa shape index (κ2) is 11.7. The molecule has 42 heavy (non-hydrogen) atoms. The first-order chi connectivity index (χ1) is 20.3. The number of nitrogens with zero attached hydrogens (tertiary/aromatic N) is 2. The third-order valence-electron chi connectivity index (χ3n) is 8.69. The van der Waals surface area contributed by atoms with Crippen LogP contribution < -0.4 is 15.4 Å². The van der Waals surface area contributed by atoms with Gasteiger partial charge in [0.05, 0.1) is 19.3 Å². The fraction of sp³-hybridized carbons (Fsp3) is 0.382. The van der Waals surface area contributed by atoms with Gasteiger partial charge in [0.2, 0.25) is 0 Å². The molecule has 218 valence electrons. The summed E-state index contributed by atoms with van der Waals surface area (Å²) in [5, 5.41) is 7.01. The van der Waals surface area contributed by atoms with Crippen LogP contribution in [0.15, 0.2) is 66.5 Å². The van der Waals surface area contributed by atoms with Crippen molar-refractivity contribution < 1.29 is 17.9 Å². The highest BCUT2D eigenvalue weighted by Gasteiger charge is 2.58. The molecule has 1 aliphatic heterocycles. The van der Waals surface area contributed by atoms with Gasteiger partial charge in [0.1, 0.15) is 5.75 Å². The van der Waals surface area contributed by atoms with Crippen LogP contribution in [0.25, 0.3) is 17.2 Å². The summed E-state index contributed by atoms with van der Waals surface area (Å²) in [6.45, 7) is 2.40. The number of ether oxygens (including phenoxy) is 1. The van der Waals surface area contributed by atoms with Gasteiger partial charge in [-0.25, -0.2) is 0 Å². The molecule has 2 N–H and O–H groups in total. The number of pyridine rings is 1. The SMILES string of the molecule is COc1cc(-c2ccncc2)ccc1NCC#CC1=Cc2c(NC3CCN(C)CC3)cccc2C2C(CC(F)(F)F)C12. The number of anilines is 2. The van der Waals surface area contributed by atoms with Crippen molar-refractivity contribution in [3.63, 3.8) is 0 Å². The molecule has 1 saturated carbocycles. The van der Waals surface area contributed by atoms with Gasteiger partial charge in [-0.05, 0) is 97.9 Å². The molecule has 2 fully saturated rings. The summed E-state index contributed by atoms with van der Waals surface area (Å²) in [5.74, 6) is 6.30. The van der Waals surface area contributed by atoms with E-state index in [1.54, 1.807) is 19.5 Å². The lowest BCUT2D eigenvalue weighted by atomic mass is 9.90. The molecule has 8 heteroatoms. The molecule has 2 heterocycles. The van der Waals surface area contributed by atoms with Crippen molar-refractivity contribution in [2.75, 3.05) is 44.4 Å². The quantitative estimate of drug-likeness (QED) is 0.297. The summed E-state index contributed by atoms with van der Waals surface area (Å²) >= 11 is 0. The smallest absolute Gasteiger partial charge is 0.389 e. The zero-order valence-corrected chi connectivity index (χ0v) is 23.8. The Labute approximate surface area is 245 Å². The Hall–Kier alpha value is -3.96. The lowest BCUT2D eigenvalue weighted by Crippen LogP contribution is -2.36. The standard InChI is InChI=1S/C34H35F3N4O/c1-41-17-12-25(13-18-41)40-29-7-3-6-26-27(29)19-24(32-28(33(26)32)21-34(35,36)37)5-4-14-39-30-9-8-23(20-31(30)42-2)22-10-15-38-16-11-22/h3,6-11,15-16,19-20,25,28,32-33,39-40H,12-14,17-18,21H2,1-2H3. The highest BCUT2D eigenvalue weighted by atomic mass is 19.4. The summed E-state index contributed by atoms with van der Waals surface area (Å²) in [6.07, 6.45) is 2.62. The minimum absolute atomic E-state index is 0.149. The zero-order valence-electron chi connectivity index (χ0n) is 23.8. The molecule has 0 bridgehead atoms. The fourth-order valence-corrected chi connectivity index (χ4v) is 6.49. The van der Waals surface area contributed by atoms with Crippen molar-refractivity contribution in [2.45, 2.75) is 37.4 Å². The zero-order chi connectivity index (χ0) is 29.3. The van der Waals surface area contributed by atoms with Crippen molar-refractivity contribution in [1.82, 2.24) is 9.88 Å². The van der Waals surface area contributed by atoms with Crippen LogP contribution in [0, 0.1) is 23.7 Å². The van der Waals surface area contributed by atoms with Gasteiger partial charge in [-0.1, -0.05) is 30.0 Å². The Morgan fingerprint density at radius 1 is 1.00 bits per heavy atom. The number of rotatable bonds is 7. The summed E-state index contributed by atoms with van der Waals surface area (Å²) in [7, 11) is 3.75. The van der Waals surface area contributed by atoms with Gasteiger partial charge < -0.3 is 20.3 Å². The second-order valence-corrected chi connectivity index (χ2v) is 11.5. The van der Waals surface area contributed by atoms with Gasteiger partial charge in [0.15, 0.2) is 0 Å². The number of aromatic nitrogens is 1. The highest BCUT2D eigenvalue weighted by Crippen LogP contribution is 2.64. The van der Waals surface area contributed by atoms with Crippen LogP contribution in [-0.2, 0) is 0 Å². The largest absolute Gasteiger partial charge is 0.495 e. The Kier molecular flexibility index (Phi) is 7.87. The van der Waals surface area contributed by atoms with Crippen molar-refractivity contribution in [3.05, 3.63) is 77.6 Å². The maximum Gasteiger partial charge on any atom is 0.389 e. The minimum atomic E-state index is -4.20. The lowest BCUT2D eigenvalue weighted by molar-refractivity contribution is -0.138. The normalized spacial score (nSPS) is 21.7. The first-order valence-electron chi connectivity index (χ1n) is 14.5. The number of fused-ring (bicyclic) bond motifs is 3. The average Bonchev–Trinajstić information content (AvgIpc) is 3.69. The summed E-state index contributed by atoms with van der Waals surface area (Å²) in [6, 6.07) is 16.1. The Morgan fingerprint density at radius 3 is 2.52 bits per heavy atom. The monoisotopic (exact) mass is 572 g/mol. The number of alkyl halides is 3. The molecule has 2 aliphatic carbocycles. The molecule has 6 rings (SSSR count). The Morgan fingerprint density at radius 2 is 1.79 bits per heavy atom. The van der Waals surface area contributed by atoms with Gasteiger partial charge in [-0.2, -0.15) is 13.2 Å². The van der Waals surface area contributed by atoms with E-state index >= 15 is 0 Å². The van der Waals surface area contributed by atoms with E-state index in [1.165, 1.54) is 0 Å². The van der Waals surface area contributed by atoms with Crippen LogP contribution >= 0.6 is 0 Å². The van der Waals surface area contributed by atoms with Crippen molar-refractivity contribution in [2.24, 2.45) is 11.8 Å². The molecule has 0 radical (unpaired) electrons. The van der Waals surface area contributed by atoms with Crippen molar-refractivity contribution in [1.29, 1.82) is 0 Å². The molecule has 3 unspecified atom stereocenters. The molecule has 3 aliphatic rings. The van der Waals surface area contributed by atoms with Gasteiger partial charge >= 0.3 is 6.18 Å². The van der Waals surface area contributed by atoms with E-state index in [0.717, 1.165) is 65.1 Å². The number of likely N-dealkylation sites (tertiary alicyclic amines) is 1. The Balaban J connectivity index is 1.22. The van der Waals surface area contributed by atoms with E-state index in [2.05, 4.69) is 39.4 Å². The van der Waals surface area contributed by atoms with Crippen LogP contribution in [0.5, 0.6) is 5.75 Å². The van der Waals surface area contributed by atoms with Crippen LogP contribution in [0.4, 0.5) is 24.5 Å². The van der Waals surface area contributed by atoms with E-state index in [1.807, 2.05) is 54.6 Å². The molecular formula is C34H35F3N4O. The molecule has 5 nitrogen and oxygen atoms in total. The van der Waals surface area contributed by atoms with E-state index in [-0.39, 0.29) is 11.8 Å². The minimum Gasteiger partial charge on any atom is -0.495 e. The third kappa shape index (κ3) is 6.12. The first-order valence-corrected chi connectivity index (χ1v) is 14.5. The van der Waals surface area contributed by atoms with E-state index in [4.69, 9.17) is 4.74 Å². The molecule has 0 amide bonds. The van der Waals surface area contributed by atoms with E-state index in [0.29, 0.717) is 18.3 Å². The fourth-order valence-electron chi connectivity index (χ4n) is 6.49. The van der Waals surface area contributed by atoms with E-state index < -0.39 is 18.5 Å². The number of methoxy groups -OCH3 is 1. The molecule has 0 spiro atoms. The maximum absolute atomic E-state index is 13.5. The topological polar surface area (TPSA) is 49.4 Å². The molecule has 3 aromatic rings. The predicted octanol–water partition coefficient (Wildman–Crippen LogP) is 7.06. The number of hydrogen-bond acceptors (Lipinski definition) is 5. The van der Waals surface area contributed by atoms with Crippen LogP contribution in [0.1, 0.15) is 36.3 Å². The predicted molar refractivity (Wildman–Crippen MR) is 161 cm³/mol. The van der Waals surface area contributed by atoms with E-state index in [9.17, 15) is 13.2 Å². The molecule has 1 saturated heterocycles. The molecular weight excluding hydrogens is 537 g/mol. The summed E-state index contributed by atoms with van der Waals surface area (Å²) in [4.78, 5) is 6.39. The number of hydrogen-bond donors (Lipinski definition) is 2. The Bertz CT molecular complexity index is 1520. The van der Waals surface area contributed by atoms with Gasteiger partial charge in [0, 0.05) is 47.6 Å². The lowest BCUT2D eigenvalue weighted by Gasteiger charge is -2.31. The van der Waals surface area contributed by atoms with Crippen LogP contribution in [0.2, 0.25) is 0 Å². The first kappa shape index (κ1) is 28.2. The van der Waals surface area contributed by atoms with Gasteiger partial charge in [-0.15, -0.1) is 0 Å². The molecule has 1 aromatic heterocycles. The van der Waals surface area contributed by atoms with Crippen molar-refractivity contribution in [3.8, 4) is 28.7 Å².